The van der Waals surface area contributed by atoms with Crippen LogP contribution in [0.25, 0.3) is 10.6 Å². The predicted octanol–water partition coefficient (Wildman–Crippen LogP) is 2.62. The third kappa shape index (κ3) is 1.71. The monoisotopic (exact) mass is 238 g/mol. The van der Waals surface area contributed by atoms with E-state index >= 15 is 0 Å². The van der Waals surface area contributed by atoms with Gasteiger partial charge in [0.2, 0.25) is 0 Å². The van der Waals surface area contributed by atoms with Crippen molar-refractivity contribution in [3.63, 3.8) is 0 Å². The van der Waals surface area contributed by atoms with Crippen LogP contribution in [0.2, 0.25) is 0 Å². The van der Waals surface area contributed by atoms with Gasteiger partial charge in [-0.25, -0.2) is 4.79 Å². The second kappa shape index (κ2) is 4.05. The van der Waals surface area contributed by atoms with Gasteiger partial charge in [0.25, 0.3) is 0 Å². The first-order valence-electron chi connectivity index (χ1n) is 4.73. The third-order valence-corrected chi connectivity index (χ3v) is 2.90. The summed E-state index contributed by atoms with van der Waals surface area (Å²) in [5, 5.41) is 13.0. The molecule has 0 atom stereocenters. The summed E-state index contributed by atoms with van der Waals surface area (Å²) < 4.78 is 5.09. The van der Waals surface area contributed by atoms with Crippen LogP contribution in [0.1, 0.15) is 35.9 Å². The first-order valence-corrected chi connectivity index (χ1v) is 5.61. The lowest BCUT2D eigenvalue weighted by Crippen LogP contribution is -2.02. The zero-order chi connectivity index (χ0) is 11.7. The molecule has 0 aliphatic heterocycles. The van der Waals surface area contributed by atoms with Crippen molar-refractivity contribution in [3.8, 4) is 10.6 Å². The molecule has 84 valence electrons. The second-order valence-electron chi connectivity index (χ2n) is 3.60. The Labute approximate surface area is 95.7 Å². The number of carboxylic acid groups (broad SMARTS) is 1. The fourth-order valence-electron chi connectivity index (χ4n) is 1.40. The summed E-state index contributed by atoms with van der Waals surface area (Å²) in [5.74, 6) is -0.635. The van der Waals surface area contributed by atoms with Crippen molar-refractivity contribution < 1.29 is 14.4 Å². The number of rotatable bonds is 3. The molecule has 0 aromatic carbocycles. The minimum absolute atomic E-state index is 0.0136. The molecule has 5 nitrogen and oxygen atoms in total. The van der Waals surface area contributed by atoms with Gasteiger partial charge in [-0.2, -0.15) is 0 Å². The SMILES string of the molecule is CC(C)c1onc(-c2cncs2)c1C(=O)O. The quantitative estimate of drug-likeness (QED) is 0.889. The largest absolute Gasteiger partial charge is 0.477 e. The maximum atomic E-state index is 11.2. The fraction of sp³-hybridized carbons (Fsp3) is 0.300. The van der Waals surface area contributed by atoms with E-state index in [1.165, 1.54) is 11.3 Å². The van der Waals surface area contributed by atoms with Gasteiger partial charge < -0.3 is 9.63 Å². The predicted molar refractivity (Wildman–Crippen MR) is 58.7 cm³/mol. The van der Waals surface area contributed by atoms with Crippen LogP contribution in [0.3, 0.4) is 0 Å². The molecule has 0 bridgehead atoms. The molecule has 0 saturated carbocycles. The molecule has 2 aromatic heterocycles. The Morgan fingerprint density at radius 3 is 2.81 bits per heavy atom. The average Bonchev–Trinajstić information content (AvgIpc) is 2.85. The van der Waals surface area contributed by atoms with E-state index in [0.29, 0.717) is 16.3 Å². The van der Waals surface area contributed by atoms with Gasteiger partial charge in [0, 0.05) is 12.1 Å². The van der Waals surface area contributed by atoms with Crippen molar-refractivity contribution in [2.45, 2.75) is 19.8 Å². The summed E-state index contributed by atoms with van der Waals surface area (Å²) in [5.41, 5.74) is 2.13. The van der Waals surface area contributed by atoms with E-state index in [9.17, 15) is 4.79 Å². The summed E-state index contributed by atoms with van der Waals surface area (Å²) in [4.78, 5) is 15.8. The number of aromatic carboxylic acids is 1. The average molecular weight is 238 g/mol. The minimum atomic E-state index is -1.02. The van der Waals surface area contributed by atoms with Crippen LogP contribution in [0.4, 0.5) is 0 Å². The van der Waals surface area contributed by atoms with E-state index in [0.717, 1.165) is 0 Å². The van der Waals surface area contributed by atoms with Gasteiger partial charge in [-0.15, -0.1) is 11.3 Å². The molecule has 0 spiro atoms. The van der Waals surface area contributed by atoms with Crippen LogP contribution in [-0.4, -0.2) is 21.2 Å². The number of carboxylic acids is 1. The lowest BCUT2D eigenvalue weighted by molar-refractivity contribution is 0.0694. The highest BCUT2D eigenvalue weighted by molar-refractivity contribution is 7.13. The molecule has 0 amide bonds. The molecule has 2 aromatic rings. The van der Waals surface area contributed by atoms with Gasteiger partial charge in [-0.3, -0.25) is 4.98 Å². The Morgan fingerprint density at radius 1 is 1.56 bits per heavy atom. The van der Waals surface area contributed by atoms with E-state index < -0.39 is 5.97 Å². The van der Waals surface area contributed by atoms with Gasteiger partial charge in [0.1, 0.15) is 11.3 Å². The van der Waals surface area contributed by atoms with Crippen LogP contribution in [0.5, 0.6) is 0 Å². The van der Waals surface area contributed by atoms with Gasteiger partial charge in [-0.05, 0) is 0 Å². The summed E-state index contributed by atoms with van der Waals surface area (Å²) in [6.45, 7) is 3.73. The van der Waals surface area contributed by atoms with Crippen molar-refractivity contribution in [3.05, 3.63) is 23.0 Å². The Balaban J connectivity index is 2.59. The summed E-state index contributed by atoms with van der Waals surface area (Å²) in [6, 6.07) is 0. The number of thiazole rings is 1. The molecule has 2 heterocycles. The van der Waals surface area contributed by atoms with Gasteiger partial charge >= 0.3 is 5.97 Å². The molecule has 0 unspecified atom stereocenters. The van der Waals surface area contributed by atoms with E-state index in [1.807, 2.05) is 13.8 Å². The first-order chi connectivity index (χ1) is 7.61. The molecular weight excluding hydrogens is 228 g/mol. The van der Waals surface area contributed by atoms with Crippen LogP contribution in [0, 0.1) is 0 Å². The highest BCUT2D eigenvalue weighted by Crippen LogP contribution is 2.31. The van der Waals surface area contributed by atoms with Crippen LogP contribution < -0.4 is 0 Å². The van der Waals surface area contributed by atoms with Gasteiger partial charge in [-0.1, -0.05) is 19.0 Å². The fourth-order valence-corrected chi connectivity index (χ4v) is 2.01. The van der Waals surface area contributed by atoms with Crippen molar-refractivity contribution in [2.75, 3.05) is 0 Å². The molecule has 0 aliphatic carbocycles. The zero-order valence-corrected chi connectivity index (χ0v) is 9.61. The molecule has 2 rings (SSSR count). The molecule has 6 heteroatoms. The smallest absolute Gasteiger partial charge is 0.341 e. The van der Waals surface area contributed by atoms with Crippen molar-refractivity contribution >= 4 is 17.3 Å². The lowest BCUT2D eigenvalue weighted by Gasteiger charge is -2.00. The summed E-state index contributed by atoms with van der Waals surface area (Å²) in [6.07, 6.45) is 1.58. The zero-order valence-electron chi connectivity index (χ0n) is 8.80. The molecule has 0 fully saturated rings. The van der Waals surface area contributed by atoms with E-state index in [-0.39, 0.29) is 11.5 Å². The summed E-state index contributed by atoms with van der Waals surface area (Å²) >= 11 is 1.34. The van der Waals surface area contributed by atoms with Crippen molar-refractivity contribution in [2.24, 2.45) is 0 Å². The Morgan fingerprint density at radius 2 is 2.31 bits per heavy atom. The molecule has 1 N–H and O–H groups in total. The standard InChI is InChI=1S/C10H10N2O3S/c1-5(2)9-7(10(13)14)8(12-15-9)6-3-11-4-16-6/h3-5H,1-2H3,(H,13,14). The Bertz CT molecular complexity index is 502. The van der Waals surface area contributed by atoms with Crippen LogP contribution >= 0.6 is 11.3 Å². The van der Waals surface area contributed by atoms with Crippen LogP contribution in [-0.2, 0) is 0 Å². The Kier molecular flexibility index (Phi) is 2.74. The maximum absolute atomic E-state index is 11.2. The normalized spacial score (nSPS) is 10.9. The highest BCUT2D eigenvalue weighted by atomic mass is 32.1. The number of hydrogen-bond donors (Lipinski definition) is 1. The third-order valence-electron chi connectivity index (χ3n) is 2.12. The van der Waals surface area contributed by atoms with Crippen molar-refractivity contribution in [1.82, 2.24) is 10.1 Å². The number of carbonyl (C=O) groups is 1. The minimum Gasteiger partial charge on any atom is -0.477 e. The van der Waals surface area contributed by atoms with E-state index in [2.05, 4.69) is 10.1 Å². The Hall–Kier alpha value is -1.69. The molecule has 16 heavy (non-hydrogen) atoms. The number of aromatic nitrogens is 2. The molecule has 0 aliphatic rings. The van der Waals surface area contributed by atoms with Gasteiger partial charge in [0.05, 0.1) is 10.4 Å². The summed E-state index contributed by atoms with van der Waals surface area (Å²) in [7, 11) is 0. The molecule has 0 radical (unpaired) electrons. The number of hydrogen-bond acceptors (Lipinski definition) is 5. The topological polar surface area (TPSA) is 76.2 Å². The highest BCUT2D eigenvalue weighted by Gasteiger charge is 2.25. The molecular formula is C10H10N2O3S. The van der Waals surface area contributed by atoms with Crippen LogP contribution in [0.15, 0.2) is 16.2 Å². The number of nitrogens with zero attached hydrogens (tertiary/aromatic N) is 2. The second-order valence-corrected chi connectivity index (χ2v) is 4.48. The molecule has 0 saturated heterocycles. The first kappa shape index (κ1) is 10.8. The van der Waals surface area contributed by atoms with Crippen molar-refractivity contribution in [1.29, 1.82) is 0 Å². The van der Waals surface area contributed by atoms with Gasteiger partial charge in [0.15, 0.2) is 5.76 Å². The maximum Gasteiger partial charge on any atom is 0.341 e. The van der Waals surface area contributed by atoms with E-state index in [4.69, 9.17) is 9.63 Å². The lowest BCUT2D eigenvalue weighted by atomic mass is 10.0. The van der Waals surface area contributed by atoms with E-state index in [1.54, 1.807) is 11.7 Å².